The summed E-state index contributed by atoms with van der Waals surface area (Å²) >= 11 is 0. The second kappa shape index (κ2) is 7.65. The number of rotatable bonds is 5. The minimum absolute atomic E-state index is 0.0163. The first-order chi connectivity index (χ1) is 12.6. The molecule has 2 aromatic heterocycles. The highest BCUT2D eigenvalue weighted by atomic mass is 16.5. The maximum absolute atomic E-state index is 11.7. The Morgan fingerprint density at radius 3 is 2.62 bits per heavy atom. The number of hydrogen-bond acceptors (Lipinski definition) is 4. The number of pyridine rings is 1. The van der Waals surface area contributed by atoms with Crippen molar-refractivity contribution in [3.05, 3.63) is 78.1 Å². The Morgan fingerprint density at radius 1 is 1.19 bits per heavy atom. The zero-order valence-corrected chi connectivity index (χ0v) is 14.7. The van der Waals surface area contributed by atoms with E-state index in [-0.39, 0.29) is 12.4 Å². The van der Waals surface area contributed by atoms with Gasteiger partial charge in [0.1, 0.15) is 11.4 Å². The van der Waals surface area contributed by atoms with Crippen molar-refractivity contribution in [1.82, 2.24) is 9.90 Å². The lowest BCUT2D eigenvalue weighted by molar-refractivity contribution is -0.583. The molecule has 0 saturated carbocycles. The SMILES string of the molecule is CCOC(=O)/C=C/C(=C(/O)c1ccccc1)n1n[n+]2ccccc2c1C. The van der Waals surface area contributed by atoms with Gasteiger partial charge in [-0.25, -0.2) is 4.79 Å². The molecular formula is C20H20N3O3+. The smallest absolute Gasteiger partial charge is 0.330 e. The fraction of sp³-hybridized carbons (Fsp3) is 0.150. The monoisotopic (exact) mass is 350 g/mol. The van der Waals surface area contributed by atoms with Gasteiger partial charge in [0.25, 0.3) is 0 Å². The third kappa shape index (κ3) is 3.49. The molecule has 0 amide bonds. The lowest BCUT2D eigenvalue weighted by Crippen LogP contribution is -2.23. The van der Waals surface area contributed by atoms with E-state index in [1.165, 1.54) is 12.2 Å². The van der Waals surface area contributed by atoms with Crippen molar-refractivity contribution in [2.24, 2.45) is 0 Å². The van der Waals surface area contributed by atoms with E-state index in [1.807, 2.05) is 49.5 Å². The fourth-order valence-electron chi connectivity index (χ4n) is 2.63. The Balaban J connectivity index is 2.17. The molecule has 3 rings (SSSR count). The van der Waals surface area contributed by atoms with Gasteiger partial charge in [-0.15, -0.1) is 4.52 Å². The molecule has 0 saturated heterocycles. The second-order valence-electron chi connectivity index (χ2n) is 5.60. The minimum Gasteiger partial charge on any atom is -0.503 e. The highest BCUT2D eigenvalue weighted by Crippen LogP contribution is 2.22. The van der Waals surface area contributed by atoms with Crippen LogP contribution in [0.25, 0.3) is 17.0 Å². The van der Waals surface area contributed by atoms with Crippen LogP contribution in [0, 0.1) is 6.92 Å². The van der Waals surface area contributed by atoms with Crippen molar-refractivity contribution in [1.29, 1.82) is 0 Å². The van der Waals surface area contributed by atoms with Gasteiger partial charge in [0, 0.05) is 18.6 Å². The number of ether oxygens (including phenoxy) is 1. The summed E-state index contributed by atoms with van der Waals surface area (Å²) in [5.41, 5.74) is 2.73. The number of aromatic nitrogens is 3. The number of fused-ring (bicyclic) bond motifs is 1. The molecule has 1 N–H and O–H groups in total. The summed E-state index contributed by atoms with van der Waals surface area (Å²) in [5.74, 6) is -0.462. The van der Waals surface area contributed by atoms with Gasteiger partial charge in [-0.05, 0) is 25.1 Å². The van der Waals surface area contributed by atoms with E-state index in [0.29, 0.717) is 11.3 Å². The fourth-order valence-corrected chi connectivity index (χ4v) is 2.63. The molecule has 26 heavy (non-hydrogen) atoms. The second-order valence-corrected chi connectivity index (χ2v) is 5.60. The van der Waals surface area contributed by atoms with E-state index in [0.717, 1.165) is 11.2 Å². The Kier molecular flexibility index (Phi) is 5.12. The van der Waals surface area contributed by atoms with Gasteiger partial charge in [-0.2, -0.15) is 0 Å². The molecular weight excluding hydrogens is 330 g/mol. The van der Waals surface area contributed by atoms with Gasteiger partial charge >= 0.3 is 5.97 Å². The van der Waals surface area contributed by atoms with Crippen LogP contribution in [0.1, 0.15) is 18.2 Å². The lowest BCUT2D eigenvalue weighted by atomic mass is 10.1. The van der Waals surface area contributed by atoms with Gasteiger partial charge < -0.3 is 9.84 Å². The van der Waals surface area contributed by atoms with Gasteiger partial charge in [0.15, 0.2) is 22.7 Å². The molecule has 132 valence electrons. The number of benzene rings is 1. The number of aryl methyl sites for hydroxylation is 1. The normalized spacial score (nSPS) is 12.4. The minimum atomic E-state index is -0.479. The maximum atomic E-state index is 11.7. The largest absolute Gasteiger partial charge is 0.503 e. The van der Waals surface area contributed by atoms with E-state index in [1.54, 1.807) is 28.3 Å². The summed E-state index contributed by atoms with van der Waals surface area (Å²) in [7, 11) is 0. The van der Waals surface area contributed by atoms with Crippen LogP contribution in [-0.4, -0.2) is 27.6 Å². The first-order valence-corrected chi connectivity index (χ1v) is 8.32. The van der Waals surface area contributed by atoms with Crippen LogP contribution < -0.4 is 4.52 Å². The zero-order valence-electron chi connectivity index (χ0n) is 14.7. The number of aliphatic hydroxyl groups is 1. The lowest BCUT2D eigenvalue weighted by Gasteiger charge is -2.04. The van der Waals surface area contributed by atoms with E-state index >= 15 is 0 Å². The molecule has 0 radical (unpaired) electrons. The number of aliphatic hydroxyl groups excluding tert-OH is 1. The van der Waals surface area contributed by atoms with Crippen molar-refractivity contribution in [2.45, 2.75) is 13.8 Å². The summed E-state index contributed by atoms with van der Waals surface area (Å²) in [5, 5.41) is 15.3. The van der Waals surface area contributed by atoms with Crippen molar-refractivity contribution in [3.8, 4) is 0 Å². The van der Waals surface area contributed by atoms with Gasteiger partial charge in [-0.1, -0.05) is 41.1 Å². The number of allylic oxidation sites excluding steroid dienone is 2. The maximum Gasteiger partial charge on any atom is 0.330 e. The van der Waals surface area contributed by atoms with Crippen molar-refractivity contribution in [3.63, 3.8) is 0 Å². The molecule has 3 aromatic rings. The third-order valence-corrected chi connectivity index (χ3v) is 3.90. The molecule has 0 aliphatic rings. The summed E-state index contributed by atoms with van der Waals surface area (Å²) in [4.78, 5) is 11.7. The van der Waals surface area contributed by atoms with E-state index in [9.17, 15) is 9.90 Å². The molecule has 2 heterocycles. The van der Waals surface area contributed by atoms with Crippen LogP contribution in [0.4, 0.5) is 0 Å². The van der Waals surface area contributed by atoms with Crippen molar-refractivity contribution < 1.29 is 19.2 Å². The van der Waals surface area contributed by atoms with Gasteiger partial charge in [-0.3, -0.25) is 0 Å². The third-order valence-electron chi connectivity index (χ3n) is 3.90. The Morgan fingerprint density at radius 2 is 1.92 bits per heavy atom. The molecule has 0 aliphatic carbocycles. The molecule has 0 atom stereocenters. The average molecular weight is 350 g/mol. The predicted molar refractivity (Wildman–Crippen MR) is 98.1 cm³/mol. The quantitative estimate of drug-likeness (QED) is 0.253. The van der Waals surface area contributed by atoms with Gasteiger partial charge in [0.05, 0.1) is 6.61 Å². The summed E-state index contributed by atoms with van der Waals surface area (Å²) in [6.45, 7) is 3.93. The number of hydrogen-bond donors (Lipinski definition) is 1. The highest BCUT2D eigenvalue weighted by molar-refractivity contribution is 5.89. The Labute approximate surface area is 151 Å². The van der Waals surface area contributed by atoms with Crippen LogP contribution in [0.3, 0.4) is 0 Å². The van der Waals surface area contributed by atoms with Crippen LogP contribution in [0.2, 0.25) is 0 Å². The van der Waals surface area contributed by atoms with E-state index < -0.39 is 5.97 Å². The highest BCUT2D eigenvalue weighted by Gasteiger charge is 2.22. The number of carbonyl (C=O) groups excluding carboxylic acids is 1. The Bertz CT molecular complexity index is 988. The first kappa shape index (κ1) is 17.4. The molecule has 6 nitrogen and oxygen atoms in total. The summed E-state index contributed by atoms with van der Waals surface area (Å²) in [6, 6.07) is 14.8. The molecule has 0 bridgehead atoms. The average Bonchev–Trinajstić information content (AvgIpc) is 3.00. The molecule has 6 heteroatoms. The van der Waals surface area contributed by atoms with Crippen LogP contribution in [-0.2, 0) is 9.53 Å². The van der Waals surface area contributed by atoms with Crippen molar-refractivity contribution in [2.75, 3.05) is 6.61 Å². The van der Waals surface area contributed by atoms with Crippen LogP contribution in [0.15, 0.2) is 66.9 Å². The van der Waals surface area contributed by atoms with E-state index in [4.69, 9.17) is 4.74 Å². The molecule has 1 aromatic carbocycles. The molecule has 0 aliphatic heterocycles. The molecule has 0 fully saturated rings. The molecule has 0 spiro atoms. The predicted octanol–water partition coefficient (Wildman–Crippen LogP) is 2.93. The zero-order chi connectivity index (χ0) is 18.5. The number of esters is 1. The van der Waals surface area contributed by atoms with E-state index in [2.05, 4.69) is 5.21 Å². The van der Waals surface area contributed by atoms with Crippen LogP contribution >= 0.6 is 0 Å². The van der Waals surface area contributed by atoms with Crippen LogP contribution in [0.5, 0.6) is 0 Å². The van der Waals surface area contributed by atoms with Gasteiger partial charge in [0.2, 0.25) is 0 Å². The topological polar surface area (TPSA) is 68.4 Å². The van der Waals surface area contributed by atoms with Crippen molar-refractivity contribution >= 4 is 22.9 Å². The standard InChI is InChI=1S/C20H19N3O3/c1-3-26-19(24)13-12-18(20(25)16-9-5-4-6-10-16)23-15(2)17-11-7-8-14-22(17)21-23/h4-14H,3H2,1-2H3/p+1. The Hall–Kier alpha value is -3.41. The first-order valence-electron chi connectivity index (χ1n) is 8.32. The summed E-state index contributed by atoms with van der Waals surface area (Å²) in [6.07, 6.45) is 4.62. The number of carbonyl (C=O) groups is 1. The molecule has 0 unspecified atom stereocenters. The summed E-state index contributed by atoms with van der Waals surface area (Å²) < 4.78 is 8.26. The number of nitrogens with zero attached hydrogens (tertiary/aromatic N) is 3.